The summed E-state index contributed by atoms with van der Waals surface area (Å²) in [6.45, 7) is 0. The molecule has 0 unspecified atom stereocenters. The third-order valence-corrected chi connectivity index (χ3v) is 5.63. The third-order valence-electron chi connectivity index (χ3n) is 4.44. The molecule has 2 heterocycles. The first-order valence-corrected chi connectivity index (χ1v) is 9.80. The van der Waals surface area contributed by atoms with Crippen molar-refractivity contribution in [3.63, 3.8) is 0 Å². The van der Waals surface area contributed by atoms with Crippen molar-refractivity contribution in [2.45, 2.75) is 48.6 Å². The normalized spacial score (nSPS) is 17.2. The Kier molecular flexibility index (Phi) is 3.78. The van der Waals surface area contributed by atoms with Gasteiger partial charge < -0.3 is 9.09 Å². The minimum absolute atomic E-state index is 0.509. The molecule has 2 fully saturated rings. The second-order valence-corrected chi connectivity index (χ2v) is 7.91. The van der Waals surface area contributed by atoms with Crippen LogP contribution >= 0.6 is 23.4 Å². The lowest BCUT2D eigenvalue weighted by Gasteiger charge is -2.06. The Morgan fingerprint density at radius 3 is 2.64 bits per heavy atom. The molecule has 128 valence electrons. The second kappa shape index (κ2) is 6.14. The van der Waals surface area contributed by atoms with Crippen molar-refractivity contribution >= 4 is 23.4 Å². The van der Waals surface area contributed by atoms with Crippen molar-refractivity contribution in [2.24, 2.45) is 0 Å². The van der Waals surface area contributed by atoms with Crippen LogP contribution in [0.4, 0.5) is 0 Å². The number of hydrogen-bond acceptors (Lipinski definition) is 6. The summed E-state index contributed by atoms with van der Waals surface area (Å²) in [5, 5.41) is 14.6. The summed E-state index contributed by atoms with van der Waals surface area (Å²) < 4.78 is 7.70. The van der Waals surface area contributed by atoms with Gasteiger partial charge in [-0.1, -0.05) is 28.5 Å². The highest BCUT2D eigenvalue weighted by atomic mass is 35.5. The molecule has 2 aromatic heterocycles. The van der Waals surface area contributed by atoms with Crippen molar-refractivity contribution in [1.29, 1.82) is 0 Å². The fraction of sp³-hybridized carbons (Fsp3) is 0.412. The summed E-state index contributed by atoms with van der Waals surface area (Å²) in [6.07, 6.45) is 4.94. The van der Waals surface area contributed by atoms with Gasteiger partial charge in [0.25, 0.3) is 5.89 Å². The molecular formula is C17H16ClN5OS. The molecule has 5 rings (SSSR count). The first kappa shape index (κ1) is 15.4. The summed E-state index contributed by atoms with van der Waals surface area (Å²) in [6, 6.07) is 7.96. The molecule has 2 aliphatic rings. The van der Waals surface area contributed by atoms with Crippen LogP contribution in [0.15, 0.2) is 33.9 Å². The molecule has 0 N–H and O–H groups in total. The summed E-state index contributed by atoms with van der Waals surface area (Å²) >= 11 is 7.54. The molecule has 0 saturated heterocycles. The fourth-order valence-electron chi connectivity index (χ4n) is 2.83. The number of rotatable bonds is 6. The molecule has 2 saturated carbocycles. The zero-order valence-corrected chi connectivity index (χ0v) is 15.0. The van der Waals surface area contributed by atoms with E-state index in [1.165, 1.54) is 31.5 Å². The maximum absolute atomic E-state index is 5.91. The molecule has 0 radical (unpaired) electrons. The van der Waals surface area contributed by atoms with Gasteiger partial charge >= 0.3 is 0 Å². The summed E-state index contributed by atoms with van der Waals surface area (Å²) in [4.78, 5) is 4.47. The van der Waals surface area contributed by atoms with E-state index < -0.39 is 0 Å². The minimum Gasteiger partial charge on any atom is -0.334 e. The van der Waals surface area contributed by atoms with Crippen molar-refractivity contribution in [1.82, 2.24) is 24.9 Å². The van der Waals surface area contributed by atoms with Crippen molar-refractivity contribution in [3.05, 3.63) is 40.9 Å². The van der Waals surface area contributed by atoms with Crippen LogP contribution in [0.3, 0.4) is 0 Å². The average Bonchev–Trinajstić information content (AvgIpc) is 3.55. The fourth-order valence-corrected chi connectivity index (χ4v) is 3.82. The van der Waals surface area contributed by atoms with Gasteiger partial charge in [0, 0.05) is 22.5 Å². The van der Waals surface area contributed by atoms with Gasteiger partial charge in [0.05, 0.1) is 5.75 Å². The third kappa shape index (κ3) is 3.18. The average molecular weight is 374 g/mol. The van der Waals surface area contributed by atoms with E-state index in [0.29, 0.717) is 34.5 Å². The molecule has 8 heteroatoms. The first-order valence-electron chi connectivity index (χ1n) is 8.44. The van der Waals surface area contributed by atoms with E-state index in [0.717, 1.165) is 10.7 Å². The van der Waals surface area contributed by atoms with Crippen LogP contribution in [0, 0.1) is 0 Å². The Hall–Kier alpha value is -1.86. The van der Waals surface area contributed by atoms with Gasteiger partial charge in [-0.2, -0.15) is 4.98 Å². The van der Waals surface area contributed by atoms with Crippen LogP contribution in [0.2, 0.25) is 5.02 Å². The SMILES string of the molecule is Clc1ccc(-c2nc(CSc3nnc(C4CC4)n3C3CC3)no2)cc1. The van der Waals surface area contributed by atoms with E-state index >= 15 is 0 Å². The number of nitrogens with zero attached hydrogens (tertiary/aromatic N) is 5. The number of hydrogen-bond donors (Lipinski definition) is 0. The molecule has 3 aromatic rings. The van der Waals surface area contributed by atoms with E-state index in [2.05, 4.69) is 24.9 Å². The quantitative estimate of drug-likeness (QED) is 0.593. The maximum Gasteiger partial charge on any atom is 0.257 e. The molecule has 6 nitrogen and oxygen atoms in total. The zero-order valence-electron chi connectivity index (χ0n) is 13.4. The molecule has 0 aliphatic heterocycles. The number of halogens is 1. The zero-order chi connectivity index (χ0) is 16.8. The van der Waals surface area contributed by atoms with E-state index in [4.69, 9.17) is 16.1 Å². The molecule has 0 spiro atoms. The van der Waals surface area contributed by atoms with Crippen LogP contribution < -0.4 is 0 Å². The number of thioether (sulfide) groups is 1. The van der Waals surface area contributed by atoms with E-state index in [-0.39, 0.29) is 0 Å². The Balaban J connectivity index is 1.31. The van der Waals surface area contributed by atoms with E-state index in [1.54, 1.807) is 11.8 Å². The highest BCUT2D eigenvalue weighted by Crippen LogP contribution is 2.46. The van der Waals surface area contributed by atoms with E-state index in [9.17, 15) is 0 Å². The van der Waals surface area contributed by atoms with Crippen molar-refractivity contribution < 1.29 is 4.52 Å². The Morgan fingerprint density at radius 1 is 1.12 bits per heavy atom. The molecule has 0 bridgehead atoms. The largest absolute Gasteiger partial charge is 0.334 e. The van der Waals surface area contributed by atoms with E-state index in [1.807, 2.05) is 24.3 Å². The van der Waals surface area contributed by atoms with Crippen LogP contribution in [0.1, 0.15) is 49.3 Å². The predicted molar refractivity (Wildman–Crippen MR) is 94.6 cm³/mol. The topological polar surface area (TPSA) is 69.6 Å². The second-order valence-electron chi connectivity index (χ2n) is 6.53. The van der Waals surface area contributed by atoms with Gasteiger partial charge in [-0.3, -0.25) is 0 Å². The highest BCUT2D eigenvalue weighted by molar-refractivity contribution is 7.98. The highest BCUT2D eigenvalue weighted by Gasteiger charge is 2.36. The van der Waals surface area contributed by atoms with Crippen LogP contribution in [-0.4, -0.2) is 24.9 Å². The molecule has 0 atom stereocenters. The summed E-state index contributed by atoms with van der Waals surface area (Å²) in [7, 11) is 0. The standard InChI is InChI=1S/C17H16ClN5OS/c18-12-5-3-11(4-6-12)16-19-14(22-24-16)9-25-17-21-20-15(10-1-2-10)23(17)13-7-8-13/h3-6,10,13H,1-2,7-9H2. The predicted octanol–water partition coefficient (Wildman–Crippen LogP) is 4.49. The Bertz CT molecular complexity index is 898. The monoisotopic (exact) mass is 373 g/mol. The Labute approximate surface area is 154 Å². The van der Waals surface area contributed by atoms with Gasteiger partial charge in [-0.05, 0) is 49.9 Å². The molecular weight excluding hydrogens is 358 g/mol. The smallest absolute Gasteiger partial charge is 0.257 e. The van der Waals surface area contributed by atoms with Crippen molar-refractivity contribution in [2.75, 3.05) is 0 Å². The van der Waals surface area contributed by atoms with Gasteiger partial charge in [0.15, 0.2) is 11.0 Å². The van der Waals surface area contributed by atoms with Gasteiger partial charge in [0.2, 0.25) is 0 Å². The maximum atomic E-state index is 5.91. The molecule has 2 aliphatic carbocycles. The molecule has 25 heavy (non-hydrogen) atoms. The lowest BCUT2D eigenvalue weighted by Crippen LogP contribution is -2.02. The number of benzene rings is 1. The van der Waals surface area contributed by atoms with Crippen LogP contribution in [0.25, 0.3) is 11.5 Å². The summed E-state index contributed by atoms with van der Waals surface area (Å²) in [5.74, 6) is 3.57. The first-order chi connectivity index (χ1) is 12.3. The van der Waals surface area contributed by atoms with Crippen LogP contribution in [0.5, 0.6) is 0 Å². The van der Waals surface area contributed by atoms with Crippen molar-refractivity contribution in [3.8, 4) is 11.5 Å². The molecule has 1 aromatic carbocycles. The Morgan fingerprint density at radius 2 is 1.92 bits per heavy atom. The lowest BCUT2D eigenvalue weighted by molar-refractivity contribution is 0.425. The molecule has 0 amide bonds. The van der Waals surface area contributed by atoms with Gasteiger partial charge in [-0.15, -0.1) is 10.2 Å². The minimum atomic E-state index is 0.509. The lowest BCUT2D eigenvalue weighted by atomic mass is 10.2. The number of aromatic nitrogens is 5. The van der Waals surface area contributed by atoms with Gasteiger partial charge in [0.1, 0.15) is 5.82 Å². The van der Waals surface area contributed by atoms with Crippen LogP contribution in [-0.2, 0) is 5.75 Å². The van der Waals surface area contributed by atoms with Gasteiger partial charge in [-0.25, -0.2) is 0 Å². The summed E-state index contributed by atoms with van der Waals surface area (Å²) in [5.41, 5.74) is 0.866.